The van der Waals surface area contributed by atoms with Gasteiger partial charge in [0.25, 0.3) is 0 Å². The molecule has 2 nitrogen and oxygen atoms in total. The molecule has 0 unspecified atom stereocenters. The van der Waals surface area contributed by atoms with E-state index in [1.807, 2.05) is 24.3 Å². The van der Waals surface area contributed by atoms with Gasteiger partial charge in [-0.25, -0.2) is 4.99 Å². The van der Waals surface area contributed by atoms with Gasteiger partial charge in [0.2, 0.25) is 0 Å². The van der Waals surface area contributed by atoms with Gasteiger partial charge in [0, 0.05) is 11.3 Å². The molecule has 2 heterocycles. The molecule has 0 spiro atoms. The van der Waals surface area contributed by atoms with Gasteiger partial charge in [-0.1, -0.05) is 66.7 Å². The predicted molar refractivity (Wildman–Crippen MR) is 115 cm³/mol. The van der Waals surface area contributed by atoms with Crippen LogP contribution in [-0.4, -0.2) is 10.7 Å². The molecule has 0 aliphatic carbocycles. The lowest BCUT2D eigenvalue weighted by molar-refractivity contribution is 1.22. The summed E-state index contributed by atoms with van der Waals surface area (Å²) in [5.74, 6) is 0. The van der Waals surface area contributed by atoms with Crippen molar-refractivity contribution in [3.05, 3.63) is 119 Å². The second-order valence-corrected chi connectivity index (χ2v) is 6.75. The van der Waals surface area contributed by atoms with Crippen LogP contribution in [0.5, 0.6) is 0 Å². The van der Waals surface area contributed by atoms with E-state index in [-0.39, 0.29) is 0 Å². The Bertz CT molecular complexity index is 1060. The van der Waals surface area contributed by atoms with Crippen molar-refractivity contribution >= 4 is 17.4 Å². The van der Waals surface area contributed by atoms with Crippen molar-refractivity contribution in [2.45, 2.75) is 13.8 Å². The number of allylic oxidation sites excluding steroid dienone is 3. The summed E-state index contributed by atoms with van der Waals surface area (Å²) < 4.78 is 0. The number of rotatable bonds is 4. The zero-order valence-electron chi connectivity index (χ0n) is 15.6. The summed E-state index contributed by atoms with van der Waals surface area (Å²) >= 11 is 0. The quantitative estimate of drug-likeness (QED) is 0.587. The largest absolute Gasteiger partial charge is 0.358 e. The lowest BCUT2D eigenvalue weighted by Crippen LogP contribution is -1.94. The van der Waals surface area contributed by atoms with Gasteiger partial charge < -0.3 is 4.98 Å². The van der Waals surface area contributed by atoms with Gasteiger partial charge in [-0.3, -0.25) is 0 Å². The zero-order valence-corrected chi connectivity index (χ0v) is 15.6. The molecule has 0 saturated carbocycles. The van der Waals surface area contributed by atoms with Crippen LogP contribution in [0.15, 0.2) is 95.6 Å². The van der Waals surface area contributed by atoms with Crippen LogP contribution < -0.4 is 0 Å². The highest BCUT2D eigenvalue weighted by atomic mass is 14.8. The Morgan fingerprint density at radius 3 is 2.22 bits per heavy atom. The molecule has 2 heteroatoms. The van der Waals surface area contributed by atoms with Crippen LogP contribution >= 0.6 is 0 Å². The lowest BCUT2D eigenvalue weighted by atomic mass is 9.98. The van der Waals surface area contributed by atoms with Crippen molar-refractivity contribution in [1.29, 1.82) is 0 Å². The minimum Gasteiger partial charge on any atom is -0.358 e. The van der Waals surface area contributed by atoms with Crippen molar-refractivity contribution in [3.8, 4) is 0 Å². The normalized spacial score (nSPS) is 15.4. The highest BCUT2D eigenvalue weighted by Gasteiger charge is 2.16. The fourth-order valence-corrected chi connectivity index (χ4v) is 3.37. The van der Waals surface area contributed by atoms with E-state index in [1.54, 1.807) is 0 Å². The molecule has 1 aliphatic rings. The Morgan fingerprint density at radius 2 is 1.56 bits per heavy atom. The third-order valence-electron chi connectivity index (χ3n) is 4.63. The average Bonchev–Trinajstić information content (AvgIpc) is 3.29. The number of hydrogen-bond acceptors (Lipinski definition) is 1. The van der Waals surface area contributed by atoms with Crippen molar-refractivity contribution in [2.24, 2.45) is 4.99 Å². The second-order valence-electron chi connectivity index (χ2n) is 6.75. The number of aliphatic imine (C=N–C) groups is 1. The molecule has 1 aromatic heterocycles. The predicted octanol–water partition coefficient (Wildman–Crippen LogP) is 6.12. The van der Waals surface area contributed by atoms with Crippen molar-refractivity contribution in [2.75, 3.05) is 0 Å². The Labute approximate surface area is 160 Å². The molecule has 132 valence electrons. The highest BCUT2D eigenvalue weighted by molar-refractivity contribution is 6.10. The van der Waals surface area contributed by atoms with Crippen LogP contribution in [0, 0.1) is 13.8 Å². The van der Waals surface area contributed by atoms with Crippen LogP contribution in [0.1, 0.15) is 28.1 Å². The first-order valence-electron chi connectivity index (χ1n) is 9.17. The van der Waals surface area contributed by atoms with E-state index in [4.69, 9.17) is 4.99 Å². The molecule has 0 saturated heterocycles. The van der Waals surface area contributed by atoms with E-state index in [0.29, 0.717) is 0 Å². The van der Waals surface area contributed by atoms with E-state index in [9.17, 15) is 0 Å². The first kappa shape index (κ1) is 17.0. The Hall–Kier alpha value is -3.39. The summed E-state index contributed by atoms with van der Waals surface area (Å²) in [7, 11) is 0. The molecule has 0 amide bonds. The first-order valence-corrected chi connectivity index (χ1v) is 9.17. The molecule has 3 aromatic rings. The third-order valence-corrected chi connectivity index (χ3v) is 4.63. The second kappa shape index (κ2) is 7.46. The number of aryl methyl sites for hydroxylation is 2. The molecule has 27 heavy (non-hydrogen) atoms. The monoisotopic (exact) mass is 350 g/mol. The maximum absolute atomic E-state index is 4.88. The summed E-state index contributed by atoms with van der Waals surface area (Å²) in [5, 5.41) is 0. The van der Waals surface area contributed by atoms with Crippen LogP contribution in [-0.2, 0) is 0 Å². The summed E-state index contributed by atoms with van der Waals surface area (Å²) in [6, 6.07) is 22.9. The average molecular weight is 350 g/mol. The van der Waals surface area contributed by atoms with Crippen LogP contribution in [0.3, 0.4) is 0 Å². The fourth-order valence-electron chi connectivity index (χ4n) is 3.37. The number of aromatic amines is 1. The van der Waals surface area contributed by atoms with E-state index in [0.717, 1.165) is 28.4 Å². The van der Waals surface area contributed by atoms with Gasteiger partial charge in [0.05, 0.1) is 17.1 Å². The summed E-state index contributed by atoms with van der Waals surface area (Å²) in [5.41, 5.74) is 8.95. The number of nitrogens with one attached hydrogen (secondary N) is 1. The van der Waals surface area contributed by atoms with Crippen molar-refractivity contribution < 1.29 is 0 Å². The fraction of sp³-hybridized carbons (Fsp3) is 0.0800. The molecule has 0 bridgehead atoms. The van der Waals surface area contributed by atoms with E-state index in [2.05, 4.69) is 85.6 Å². The van der Waals surface area contributed by atoms with Crippen molar-refractivity contribution in [1.82, 2.24) is 4.98 Å². The summed E-state index contributed by atoms with van der Waals surface area (Å²) in [4.78, 5) is 8.40. The molecule has 0 fully saturated rings. The van der Waals surface area contributed by atoms with Crippen LogP contribution in [0.2, 0.25) is 0 Å². The van der Waals surface area contributed by atoms with E-state index < -0.39 is 0 Å². The Kier molecular flexibility index (Phi) is 4.71. The smallest absolute Gasteiger partial charge is 0.0737 e. The summed E-state index contributed by atoms with van der Waals surface area (Å²) in [6.45, 7) is 4.23. The molecular weight excluding hydrogens is 328 g/mol. The number of benzene rings is 2. The third kappa shape index (κ3) is 3.75. The van der Waals surface area contributed by atoms with Gasteiger partial charge in [0.15, 0.2) is 0 Å². The molecule has 2 aromatic carbocycles. The maximum atomic E-state index is 4.88. The number of nitrogens with zero attached hydrogens (tertiary/aromatic N) is 1. The number of aromatic nitrogens is 1. The topological polar surface area (TPSA) is 28.1 Å². The van der Waals surface area contributed by atoms with Gasteiger partial charge in [-0.2, -0.15) is 0 Å². The number of hydrogen-bond donors (Lipinski definition) is 1. The van der Waals surface area contributed by atoms with Crippen molar-refractivity contribution in [3.63, 3.8) is 0 Å². The van der Waals surface area contributed by atoms with Gasteiger partial charge in [-0.05, 0) is 54.8 Å². The molecule has 1 aliphatic heterocycles. The summed E-state index contributed by atoms with van der Waals surface area (Å²) in [6.07, 6.45) is 8.33. The molecule has 1 N–H and O–H groups in total. The van der Waals surface area contributed by atoms with Gasteiger partial charge in [0.1, 0.15) is 0 Å². The molecule has 0 radical (unpaired) electrons. The zero-order chi connectivity index (χ0) is 18.6. The molecular formula is C25H22N2. The standard InChI is InChI=1S/C25H22N2/c1-18-17-19(2)26-25(18)24(21-11-7-4-8-12-21)23-16-15-22(27-23)14-13-20-9-5-3-6-10-20/h3-17,26H,1-2H3/b14-13+,24-23+. The highest BCUT2D eigenvalue weighted by Crippen LogP contribution is 2.32. The molecule has 0 atom stereocenters. The molecule has 4 rings (SSSR count). The Morgan fingerprint density at radius 1 is 0.852 bits per heavy atom. The van der Waals surface area contributed by atoms with Gasteiger partial charge >= 0.3 is 0 Å². The minimum absolute atomic E-state index is 0.961. The van der Waals surface area contributed by atoms with Crippen LogP contribution in [0.4, 0.5) is 0 Å². The number of H-pyrrole nitrogens is 1. The minimum atomic E-state index is 0.961. The maximum Gasteiger partial charge on any atom is 0.0737 e. The van der Waals surface area contributed by atoms with Crippen LogP contribution in [0.25, 0.3) is 11.6 Å². The Balaban J connectivity index is 1.77. The SMILES string of the molecule is Cc1cc(C)c(/C(=C2\C=CC(/C=C/c3ccccc3)=N2)c2ccccc2)[nH]1. The van der Waals surface area contributed by atoms with E-state index in [1.165, 1.54) is 16.7 Å². The first-order chi connectivity index (χ1) is 13.2. The van der Waals surface area contributed by atoms with E-state index >= 15 is 0 Å². The lowest BCUT2D eigenvalue weighted by Gasteiger charge is -2.10. The van der Waals surface area contributed by atoms with Gasteiger partial charge in [-0.15, -0.1) is 0 Å².